The van der Waals surface area contributed by atoms with Gasteiger partial charge in [-0.2, -0.15) is 0 Å². The number of methoxy groups -OCH3 is 1. The topological polar surface area (TPSA) is 29.5 Å². The Morgan fingerprint density at radius 2 is 1.61 bits per heavy atom. The third-order valence-corrected chi connectivity index (χ3v) is 3.68. The van der Waals surface area contributed by atoms with E-state index in [1.165, 1.54) is 0 Å². The molecule has 2 rings (SSSR count). The number of aliphatic hydroxyl groups excluding tert-OH is 1. The molecule has 0 amide bonds. The van der Waals surface area contributed by atoms with E-state index in [2.05, 4.69) is 0 Å². The third kappa shape index (κ3) is 2.52. The summed E-state index contributed by atoms with van der Waals surface area (Å²) in [6, 6.07) is 15.4. The minimum atomic E-state index is -0.662. The molecule has 0 saturated carbocycles. The number of hydrogen-bond donors (Lipinski definition) is 1. The van der Waals surface area contributed by atoms with Crippen LogP contribution < -0.4 is 4.74 Å². The summed E-state index contributed by atoms with van der Waals surface area (Å²) in [6.45, 7) is 0. The van der Waals surface area contributed by atoms with Crippen molar-refractivity contribution >= 4 is 11.8 Å². The molecule has 0 aliphatic carbocycles. The molecule has 2 aromatic rings. The largest absolute Gasteiger partial charge is 0.496 e. The summed E-state index contributed by atoms with van der Waals surface area (Å²) in [5.41, 5.74) is 1.70. The molecule has 0 spiro atoms. The zero-order chi connectivity index (χ0) is 13.0. The van der Waals surface area contributed by atoms with E-state index >= 15 is 0 Å². The molecule has 0 radical (unpaired) electrons. The first-order chi connectivity index (χ1) is 8.77. The fourth-order valence-electron chi connectivity index (χ4n) is 1.95. The summed E-state index contributed by atoms with van der Waals surface area (Å²) in [4.78, 5) is 1.08. The second-order valence-electron chi connectivity index (χ2n) is 3.89. The van der Waals surface area contributed by atoms with Crippen LogP contribution in [0.5, 0.6) is 5.75 Å². The number of aliphatic hydroxyl groups is 1. The molecule has 1 atom stereocenters. The van der Waals surface area contributed by atoms with E-state index in [9.17, 15) is 5.11 Å². The van der Waals surface area contributed by atoms with Gasteiger partial charge in [0.25, 0.3) is 0 Å². The summed E-state index contributed by atoms with van der Waals surface area (Å²) < 4.78 is 5.29. The van der Waals surface area contributed by atoms with E-state index in [0.29, 0.717) is 5.75 Å². The van der Waals surface area contributed by atoms with Crippen LogP contribution in [-0.4, -0.2) is 18.5 Å². The highest BCUT2D eigenvalue weighted by molar-refractivity contribution is 7.98. The highest BCUT2D eigenvalue weighted by atomic mass is 32.2. The van der Waals surface area contributed by atoms with Gasteiger partial charge in [0.05, 0.1) is 7.11 Å². The molecule has 2 nitrogen and oxygen atoms in total. The fourth-order valence-corrected chi connectivity index (χ4v) is 2.58. The molecule has 2 aromatic carbocycles. The van der Waals surface area contributed by atoms with Gasteiger partial charge >= 0.3 is 0 Å². The van der Waals surface area contributed by atoms with Crippen LogP contribution in [0.3, 0.4) is 0 Å². The number of thioether (sulfide) groups is 1. The minimum Gasteiger partial charge on any atom is -0.496 e. The van der Waals surface area contributed by atoms with Crippen molar-refractivity contribution in [3.63, 3.8) is 0 Å². The molecule has 0 heterocycles. The Morgan fingerprint density at radius 3 is 2.28 bits per heavy atom. The number of rotatable bonds is 4. The van der Waals surface area contributed by atoms with E-state index in [1.54, 1.807) is 18.9 Å². The molecule has 0 fully saturated rings. The number of benzene rings is 2. The van der Waals surface area contributed by atoms with E-state index < -0.39 is 6.10 Å². The van der Waals surface area contributed by atoms with Crippen molar-refractivity contribution in [3.8, 4) is 5.75 Å². The van der Waals surface area contributed by atoms with Crippen LogP contribution in [0.4, 0.5) is 0 Å². The van der Waals surface area contributed by atoms with Gasteiger partial charge in [-0.15, -0.1) is 11.8 Å². The fraction of sp³-hybridized carbons (Fsp3) is 0.200. The SMILES string of the molecule is COc1ccccc1C(O)c1ccccc1SC. The predicted molar refractivity (Wildman–Crippen MR) is 75.3 cm³/mol. The molecule has 3 heteroatoms. The second kappa shape index (κ2) is 5.94. The van der Waals surface area contributed by atoms with Crippen molar-refractivity contribution in [1.82, 2.24) is 0 Å². The predicted octanol–water partition coefficient (Wildman–Crippen LogP) is 3.50. The van der Waals surface area contributed by atoms with Gasteiger partial charge in [0, 0.05) is 10.5 Å². The van der Waals surface area contributed by atoms with Crippen LogP contribution in [0.15, 0.2) is 53.4 Å². The van der Waals surface area contributed by atoms with E-state index in [-0.39, 0.29) is 0 Å². The normalized spacial score (nSPS) is 12.2. The number of para-hydroxylation sites is 1. The zero-order valence-electron chi connectivity index (χ0n) is 10.5. The molecule has 0 saturated heterocycles. The van der Waals surface area contributed by atoms with Gasteiger partial charge in [-0.05, 0) is 24.0 Å². The summed E-state index contributed by atoms with van der Waals surface area (Å²) in [5, 5.41) is 10.5. The lowest BCUT2D eigenvalue weighted by Crippen LogP contribution is -2.03. The highest BCUT2D eigenvalue weighted by Gasteiger charge is 2.17. The van der Waals surface area contributed by atoms with Crippen LogP contribution >= 0.6 is 11.8 Å². The lowest BCUT2D eigenvalue weighted by molar-refractivity contribution is 0.212. The smallest absolute Gasteiger partial charge is 0.125 e. The maximum absolute atomic E-state index is 10.5. The molecule has 0 aliphatic rings. The average Bonchev–Trinajstić information content (AvgIpc) is 2.46. The Balaban J connectivity index is 2.44. The summed E-state index contributed by atoms with van der Waals surface area (Å²) >= 11 is 1.63. The first kappa shape index (κ1) is 13.0. The Morgan fingerprint density at radius 1 is 1.00 bits per heavy atom. The summed E-state index contributed by atoms with van der Waals surface area (Å²) in [6.07, 6.45) is 1.35. The monoisotopic (exact) mass is 260 g/mol. The highest BCUT2D eigenvalue weighted by Crippen LogP contribution is 2.34. The van der Waals surface area contributed by atoms with E-state index in [4.69, 9.17) is 4.74 Å². The zero-order valence-corrected chi connectivity index (χ0v) is 11.3. The molecule has 1 N–H and O–H groups in total. The summed E-state index contributed by atoms with van der Waals surface area (Å²) in [7, 11) is 1.62. The Kier molecular flexibility index (Phi) is 4.28. The standard InChI is InChI=1S/C15H16O2S/c1-17-13-9-5-3-7-11(13)15(16)12-8-4-6-10-14(12)18-2/h3-10,15-16H,1-2H3. The lowest BCUT2D eigenvalue weighted by atomic mass is 10.0. The molecule has 18 heavy (non-hydrogen) atoms. The summed E-state index contributed by atoms with van der Waals surface area (Å²) in [5.74, 6) is 0.709. The van der Waals surface area contributed by atoms with E-state index in [0.717, 1.165) is 16.0 Å². The molecule has 0 bridgehead atoms. The molecule has 0 aliphatic heterocycles. The molecule has 0 aromatic heterocycles. The third-order valence-electron chi connectivity index (χ3n) is 2.87. The lowest BCUT2D eigenvalue weighted by Gasteiger charge is -2.17. The maximum atomic E-state index is 10.5. The van der Waals surface area contributed by atoms with Gasteiger partial charge < -0.3 is 9.84 Å². The van der Waals surface area contributed by atoms with Gasteiger partial charge in [0.15, 0.2) is 0 Å². The first-order valence-electron chi connectivity index (χ1n) is 5.71. The van der Waals surface area contributed by atoms with Gasteiger partial charge in [-0.1, -0.05) is 36.4 Å². The Labute approximate surface area is 112 Å². The Hall–Kier alpha value is -1.45. The van der Waals surface area contributed by atoms with Crippen molar-refractivity contribution in [3.05, 3.63) is 59.7 Å². The van der Waals surface area contributed by atoms with E-state index in [1.807, 2.05) is 54.8 Å². The molecule has 94 valence electrons. The molecule has 1 unspecified atom stereocenters. The average molecular weight is 260 g/mol. The van der Waals surface area contributed by atoms with Gasteiger partial charge in [-0.3, -0.25) is 0 Å². The first-order valence-corrected chi connectivity index (χ1v) is 6.94. The second-order valence-corrected chi connectivity index (χ2v) is 4.73. The van der Waals surface area contributed by atoms with Crippen LogP contribution in [0.25, 0.3) is 0 Å². The van der Waals surface area contributed by atoms with Crippen molar-refractivity contribution in [2.45, 2.75) is 11.0 Å². The maximum Gasteiger partial charge on any atom is 0.125 e. The van der Waals surface area contributed by atoms with Crippen molar-refractivity contribution in [2.75, 3.05) is 13.4 Å². The van der Waals surface area contributed by atoms with Crippen LogP contribution in [0.2, 0.25) is 0 Å². The van der Waals surface area contributed by atoms with Crippen molar-refractivity contribution in [2.24, 2.45) is 0 Å². The minimum absolute atomic E-state index is 0.662. The van der Waals surface area contributed by atoms with Gasteiger partial charge in [0.1, 0.15) is 11.9 Å². The van der Waals surface area contributed by atoms with Crippen LogP contribution in [0, 0.1) is 0 Å². The van der Waals surface area contributed by atoms with Gasteiger partial charge in [0.2, 0.25) is 0 Å². The van der Waals surface area contributed by atoms with Crippen LogP contribution in [0.1, 0.15) is 17.2 Å². The molecular weight excluding hydrogens is 244 g/mol. The van der Waals surface area contributed by atoms with Crippen molar-refractivity contribution in [1.29, 1.82) is 0 Å². The van der Waals surface area contributed by atoms with Crippen LogP contribution in [-0.2, 0) is 0 Å². The van der Waals surface area contributed by atoms with Gasteiger partial charge in [-0.25, -0.2) is 0 Å². The molecular formula is C15H16O2S. The number of ether oxygens (including phenoxy) is 1. The Bertz CT molecular complexity index is 478. The van der Waals surface area contributed by atoms with Crippen molar-refractivity contribution < 1.29 is 9.84 Å². The number of hydrogen-bond acceptors (Lipinski definition) is 3. The quantitative estimate of drug-likeness (QED) is 0.853.